The average molecular weight is 442 g/mol. The van der Waals surface area contributed by atoms with Crippen molar-refractivity contribution in [1.82, 2.24) is 0 Å². The maximum Gasteiger partial charge on any atom is 0.305 e. The largest absolute Gasteiger partial charge is 0.469 e. The van der Waals surface area contributed by atoms with E-state index >= 15 is 0 Å². The molecule has 32 heavy (non-hydrogen) atoms. The molecule has 0 fully saturated rings. The summed E-state index contributed by atoms with van der Waals surface area (Å²) in [6.07, 6.45) is 1.84. The molecule has 5 heteroatoms. The Kier molecular flexibility index (Phi) is 6.78. The zero-order chi connectivity index (χ0) is 22.3. The Labute approximate surface area is 191 Å². The van der Waals surface area contributed by atoms with Gasteiger partial charge in [-0.05, 0) is 77.5 Å². The van der Waals surface area contributed by atoms with Crippen LogP contribution in [0.2, 0.25) is 0 Å². The van der Waals surface area contributed by atoms with Gasteiger partial charge in [0.2, 0.25) is 0 Å². The van der Waals surface area contributed by atoms with Crippen LogP contribution in [-0.4, -0.2) is 19.4 Å². The van der Waals surface area contributed by atoms with E-state index in [4.69, 9.17) is 4.74 Å². The summed E-state index contributed by atoms with van der Waals surface area (Å²) in [5.41, 5.74) is 5.87. The van der Waals surface area contributed by atoms with Gasteiger partial charge in [0.25, 0.3) is 0 Å². The van der Waals surface area contributed by atoms with Crippen molar-refractivity contribution in [3.05, 3.63) is 101 Å². The molecule has 0 aliphatic heterocycles. The predicted molar refractivity (Wildman–Crippen MR) is 130 cm³/mol. The molecule has 0 unspecified atom stereocenters. The highest BCUT2D eigenvalue weighted by Gasteiger charge is 2.13. The van der Waals surface area contributed by atoms with Crippen molar-refractivity contribution in [2.45, 2.75) is 12.8 Å². The summed E-state index contributed by atoms with van der Waals surface area (Å²) in [6, 6.07) is 28.3. The lowest BCUT2D eigenvalue weighted by Gasteiger charge is -2.26. The standard InChI is InChI=1S/C27H23NO3S/c1-31-27(30)17-8-20-4-11-23(12-5-20)28(24-13-6-21(19-29)7-14-24)25-15-9-22(10-16-25)26-3-2-18-32-26/h2-7,9-16,18-19H,8,17H2,1H3. The van der Waals surface area contributed by atoms with Gasteiger partial charge in [-0.1, -0.05) is 30.3 Å². The number of carbonyl (C=O) groups excluding carboxylic acids is 2. The molecule has 0 spiro atoms. The molecule has 0 radical (unpaired) electrons. The summed E-state index contributed by atoms with van der Waals surface area (Å²) in [5.74, 6) is -0.211. The van der Waals surface area contributed by atoms with Gasteiger partial charge in [-0.15, -0.1) is 11.3 Å². The molecule has 0 bridgehead atoms. The molecule has 1 heterocycles. The van der Waals surface area contributed by atoms with Crippen molar-refractivity contribution in [3.63, 3.8) is 0 Å². The molecule has 4 aromatic rings. The molecule has 0 saturated carbocycles. The van der Waals surface area contributed by atoms with Crippen LogP contribution < -0.4 is 4.90 Å². The van der Waals surface area contributed by atoms with E-state index in [1.165, 1.54) is 17.6 Å². The number of nitrogens with zero attached hydrogens (tertiary/aromatic N) is 1. The van der Waals surface area contributed by atoms with E-state index < -0.39 is 0 Å². The Hall–Kier alpha value is -3.70. The topological polar surface area (TPSA) is 46.6 Å². The van der Waals surface area contributed by atoms with Crippen LogP contribution in [-0.2, 0) is 16.0 Å². The van der Waals surface area contributed by atoms with Crippen molar-refractivity contribution in [1.29, 1.82) is 0 Å². The Bertz CT molecular complexity index is 1170. The maximum atomic E-state index is 11.4. The SMILES string of the molecule is COC(=O)CCc1ccc(N(c2ccc(C=O)cc2)c2ccc(-c3cccs3)cc2)cc1. The zero-order valence-electron chi connectivity index (χ0n) is 17.7. The molecular formula is C27H23NO3S. The second kappa shape index (κ2) is 10.1. The van der Waals surface area contributed by atoms with E-state index in [0.29, 0.717) is 18.4 Å². The number of anilines is 3. The second-order valence-corrected chi connectivity index (χ2v) is 8.26. The third-order valence-electron chi connectivity index (χ3n) is 5.26. The Morgan fingerprint density at radius 3 is 2.00 bits per heavy atom. The summed E-state index contributed by atoms with van der Waals surface area (Å²) < 4.78 is 4.73. The van der Waals surface area contributed by atoms with Crippen LogP contribution in [0.4, 0.5) is 17.1 Å². The molecule has 1 aromatic heterocycles. The van der Waals surface area contributed by atoms with Crippen LogP contribution in [0.3, 0.4) is 0 Å². The summed E-state index contributed by atoms with van der Waals surface area (Å²) in [6.45, 7) is 0. The fraction of sp³-hybridized carbons (Fsp3) is 0.111. The number of methoxy groups -OCH3 is 1. The number of aryl methyl sites for hydroxylation is 1. The van der Waals surface area contributed by atoms with Crippen molar-refractivity contribution < 1.29 is 14.3 Å². The minimum atomic E-state index is -0.211. The minimum absolute atomic E-state index is 0.211. The van der Waals surface area contributed by atoms with E-state index in [1.54, 1.807) is 11.3 Å². The number of aldehydes is 1. The van der Waals surface area contributed by atoms with Gasteiger partial charge in [-0.2, -0.15) is 0 Å². The van der Waals surface area contributed by atoms with Crippen LogP contribution in [0.1, 0.15) is 22.3 Å². The number of hydrogen-bond donors (Lipinski definition) is 0. The number of hydrogen-bond acceptors (Lipinski definition) is 5. The second-order valence-electron chi connectivity index (χ2n) is 7.31. The smallest absolute Gasteiger partial charge is 0.305 e. The van der Waals surface area contributed by atoms with Crippen LogP contribution in [0.15, 0.2) is 90.3 Å². The van der Waals surface area contributed by atoms with Crippen molar-refractivity contribution in [3.8, 4) is 10.4 Å². The fourth-order valence-corrected chi connectivity index (χ4v) is 4.26. The summed E-state index contributed by atoms with van der Waals surface area (Å²) in [4.78, 5) is 25.9. The van der Waals surface area contributed by atoms with Gasteiger partial charge >= 0.3 is 5.97 Å². The fourth-order valence-electron chi connectivity index (χ4n) is 3.53. The lowest BCUT2D eigenvalue weighted by molar-refractivity contribution is -0.140. The van der Waals surface area contributed by atoms with Crippen LogP contribution in [0, 0.1) is 0 Å². The summed E-state index contributed by atoms with van der Waals surface area (Å²) in [7, 11) is 1.41. The zero-order valence-corrected chi connectivity index (χ0v) is 18.5. The van der Waals surface area contributed by atoms with Gasteiger partial charge in [-0.3, -0.25) is 9.59 Å². The first-order chi connectivity index (χ1) is 15.7. The van der Waals surface area contributed by atoms with Crippen LogP contribution in [0.5, 0.6) is 0 Å². The van der Waals surface area contributed by atoms with Crippen molar-refractivity contribution in [2.24, 2.45) is 0 Å². The molecule has 4 rings (SSSR count). The van der Waals surface area contributed by atoms with Gasteiger partial charge in [0.05, 0.1) is 7.11 Å². The van der Waals surface area contributed by atoms with E-state index in [1.807, 2.05) is 48.5 Å². The molecular weight excluding hydrogens is 418 g/mol. The highest BCUT2D eigenvalue weighted by Crippen LogP contribution is 2.36. The number of benzene rings is 3. The lowest BCUT2D eigenvalue weighted by atomic mass is 10.1. The first-order valence-electron chi connectivity index (χ1n) is 10.3. The van der Waals surface area contributed by atoms with E-state index in [9.17, 15) is 9.59 Å². The molecule has 160 valence electrons. The monoisotopic (exact) mass is 441 g/mol. The Balaban J connectivity index is 1.66. The minimum Gasteiger partial charge on any atom is -0.469 e. The number of carbonyl (C=O) groups is 2. The third kappa shape index (κ3) is 4.95. The summed E-state index contributed by atoms with van der Waals surface area (Å²) in [5, 5.41) is 2.08. The molecule has 0 saturated heterocycles. The van der Waals surface area contributed by atoms with E-state index in [2.05, 4.69) is 46.7 Å². The molecule has 4 nitrogen and oxygen atoms in total. The quantitative estimate of drug-likeness (QED) is 0.223. The summed E-state index contributed by atoms with van der Waals surface area (Å²) >= 11 is 1.72. The van der Waals surface area contributed by atoms with Crippen molar-refractivity contribution >= 4 is 40.7 Å². The molecule has 0 amide bonds. The predicted octanol–water partition coefficient (Wildman–Crippen LogP) is 6.80. The molecule has 0 aliphatic carbocycles. The first-order valence-corrected chi connectivity index (χ1v) is 11.2. The third-order valence-corrected chi connectivity index (χ3v) is 6.18. The number of thiophene rings is 1. The average Bonchev–Trinajstić information content (AvgIpc) is 3.39. The van der Waals surface area contributed by atoms with Crippen molar-refractivity contribution in [2.75, 3.05) is 12.0 Å². The number of ether oxygens (including phenoxy) is 1. The highest BCUT2D eigenvalue weighted by atomic mass is 32.1. The van der Waals surface area contributed by atoms with Crippen LogP contribution in [0.25, 0.3) is 10.4 Å². The lowest BCUT2D eigenvalue weighted by Crippen LogP contribution is -2.10. The molecule has 0 N–H and O–H groups in total. The van der Waals surface area contributed by atoms with Gasteiger partial charge in [0.15, 0.2) is 0 Å². The Morgan fingerprint density at radius 2 is 1.47 bits per heavy atom. The van der Waals surface area contributed by atoms with Crippen LogP contribution >= 0.6 is 11.3 Å². The number of esters is 1. The Morgan fingerprint density at radius 1 is 0.875 bits per heavy atom. The van der Waals surface area contributed by atoms with E-state index in [-0.39, 0.29) is 5.97 Å². The first kappa shape index (κ1) is 21.5. The van der Waals surface area contributed by atoms with Gasteiger partial charge in [-0.25, -0.2) is 0 Å². The van der Waals surface area contributed by atoms with E-state index in [0.717, 1.165) is 28.9 Å². The van der Waals surface area contributed by atoms with Gasteiger partial charge in [0.1, 0.15) is 6.29 Å². The normalized spacial score (nSPS) is 10.5. The number of rotatable bonds is 8. The molecule has 0 atom stereocenters. The van der Waals surface area contributed by atoms with Gasteiger partial charge < -0.3 is 9.64 Å². The molecule has 3 aromatic carbocycles. The maximum absolute atomic E-state index is 11.4. The molecule has 0 aliphatic rings. The highest BCUT2D eigenvalue weighted by molar-refractivity contribution is 7.13. The van der Waals surface area contributed by atoms with Gasteiger partial charge in [0, 0.05) is 33.9 Å².